The first-order chi connectivity index (χ1) is 14.6. The van der Waals surface area contributed by atoms with Gasteiger partial charge in [0.1, 0.15) is 0 Å². The standard InChI is InChI=1S/C23H28N2O5/c1-3-19(30-21-13-7-6-12-20(21)28-2)23(27)25-18-11-5-4-10-17(18)22(26)24-15-16-9-8-14-29-16/h4-7,10-13,16,19H,3,8-9,14-15H2,1-2H3,(H,24,26)(H,25,27)/t16-,19-/m0/s1. The molecule has 2 aromatic rings. The topological polar surface area (TPSA) is 85.9 Å². The highest BCUT2D eigenvalue weighted by atomic mass is 16.5. The first-order valence-electron chi connectivity index (χ1n) is 10.2. The molecule has 1 aliphatic rings. The van der Waals surface area contributed by atoms with Gasteiger partial charge in [-0.2, -0.15) is 0 Å². The molecule has 2 N–H and O–H groups in total. The average Bonchev–Trinajstić information content (AvgIpc) is 3.30. The van der Waals surface area contributed by atoms with Crippen molar-refractivity contribution in [3.63, 3.8) is 0 Å². The fraction of sp³-hybridized carbons (Fsp3) is 0.391. The molecule has 2 amide bonds. The Labute approximate surface area is 176 Å². The molecule has 160 valence electrons. The molecule has 0 unspecified atom stereocenters. The molecule has 1 aliphatic heterocycles. The van der Waals surface area contributed by atoms with E-state index in [1.54, 1.807) is 43.5 Å². The van der Waals surface area contributed by atoms with Crippen LogP contribution in [-0.2, 0) is 9.53 Å². The third-order valence-electron chi connectivity index (χ3n) is 4.95. The Morgan fingerprint density at radius 1 is 1.13 bits per heavy atom. The number of hydrogen-bond donors (Lipinski definition) is 2. The van der Waals surface area contributed by atoms with E-state index in [2.05, 4.69) is 10.6 Å². The quantitative estimate of drug-likeness (QED) is 0.659. The summed E-state index contributed by atoms with van der Waals surface area (Å²) in [6.07, 6.45) is 1.73. The third-order valence-corrected chi connectivity index (χ3v) is 4.95. The largest absolute Gasteiger partial charge is 0.493 e. The summed E-state index contributed by atoms with van der Waals surface area (Å²) >= 11 is 0. The van der Waals surface area contributed by atoms with Crippen LogP contribution in [0.5, 0.6) is 11.5 Å². The van der Waals surface area contributed by atoms with E-state index in [4.69, 9.17) is 14.2 Å². The molecular weight excluding hydrogens is 384 g/mol. The zero-order valence-electron chi connectivity index (χ0n) is 17.4. The van der Waals surface area contributed by atoms with Gasteiger partial charge in [0.05, 0.1) is 24.5 Å². The van der Waals surface area contributed by atoms with Gasteiger partial charge in [0, 0.05) is 13.2 Å². The Balaban J connectivity index is 1.66. The Kier molecular flexibility index (Phi) is 7.68. The van der Waals surface area contributed by atoms with Crippen LogP contribution in [0.4, 0.5) is 5.69 Å². The summed E-state index contributed by atoms with van der Waals surface area (Å²) < 4.78 is 16.7. The van der Waals surface area contributed by atoms with Crippen molar-refractivity contribution >= 4 is 17.5 Å². The zero-order chi connectivity index (χ0) is 21.3. The van der Waals surface area contributed by atoms with E-state index in [0.29, 0.717) is 35.7 Å². The number of carbonyl (C=O) groups excluding carboxylic acids is 2. The molecule has 0 aromatic heterocycles. The molecule has 0 spiro atoms. The highest BCUT2D eigenvalue weighted by molar-refractivity contribution is 6.04. The minimum atomic E-state index is -0.732. The number of anilines is 1. The Morgan fingerprint density at radius 2 is 1.87 bits per heavy atom. The molecular formula is C23H28N2O5. The molecule has 1 fully saturated rings. The van der Waals surface area contributed by atoms with Gasteiger partial charge >= 0.3 is 0 Å². The van der Waals surface area contributed by atoms with Crippen molar-refractivity contribution in [1.82, 2.24) is 5.32 Å². The van der Waals surface area contributed by atoms with Crippen molar-refractivity contribution in [2.24, 2.45) is 0 Å². The van der Waals surface area contributed by atoms with Crippen LogP contribution >= 0.6 is 0 Å². The van der Waals surface area contributed by atoms with Crippen LogP contribution in [0.15, 0.2) is 48.5 Å². The summed E-state index contributed by atoms with van der Waals surface area (Å²) in [6.45, 7) is 3.05. The van der Waals surface area contributed by atoms with E-state index >= 15 is 0 Å². The number of benzene rings is 2. The van der Waals surface area contributed by atoms with Crippen molar-refractivity contribution in [3.8, 4) is 11.5 Å². The zero-order valence-corrected chi connectivity index (χ0v) is 17.4. The van der Waals surface area contributed by atoms with Crippen LogP contribution in [0.25, 0.3) is 0 Å². The number of methoxy groups -OCH3 is 1. The van der Waals surface area contributed by atoms with Crippen molar-refractivity contribution in [1.29, 1.82) is 0 Å². The fourth-order valence-electron chi connectivity index (χ4n) is 3.30. The maximum atomic E-state index is 12.9. The lowest BCUT2D eigenvalue weighted by atomic mass is 10.1. The monoisotopic (exact) mass is 412 g/mol. The van der Waals surface area contributed by atoms with E-state index in [1.165, 1.54) is 0 Å². The Bertz CT molecular complexity index is 864. The summed E-state index contributed by atoms with van der Waals surface area (Å²) in [7, 11) is 1.55. The second-order valence-corrected chi connectivity index (χ2v) is 7.05. The van der Waals surface area contributed by atoms with Crippen molar-refractivity contribution in [3.05, 3.63) is 54.1 Å². The van der Waals surface area contributed by atoms with Gasteiger partial charge in [-0.1, -0.05) is 31.2 Å². The number of amides is 2. The van der Waals surface area contributed by atoms with E-state index < -0.39 is 6.10 Å². The molecule has 3 rings (SSSR count). The van der Waals surface area contributed by atoms with Gasteiger partial charge in [0.25, 0.3) is 11.8 Å². The van der Waals surface area contributed by atoms with Crippen LogP contribution < -0.4 is 20.1 Å². The van der Waals surface area contributed by atoms with Crippen LogP contribution in [0, 0.1) is 0 Å². The molecule has 0 aliphatic carbocycles. The predicted molar refractivity (Wildman–Crippen MR) is 114 cm³/mol. The summed E-state index contributed by atoms with van der Waals surface area (Å²) in [5.74, 6) is 0.463. The second-order valence-electron chi connectivity index (χ2n) is 7.05. The van der Waals surface area contributed by atoms with E-state index in [0.717, 1.165) is 19.4 Å². The van der Waals surface area contributed by atoms with Gasteiger partial charge in [-0.25, -0.2) is 0 Å². The van der Waals surface area contributed by atoms with Crippen molar-refractivity contribution in [2.75, 3.05) is 25.6 Å². The van der Waals surface area contributed by atoms with Crippen LogP contribution in [0.3, 0.4) is 0 Å². The number of ether oxygens (including phenoxy) is 3. The maximum Gasteiger partial charge on any atom is 0.265 e. The van der Waals surface area contributed by atoms with Crippen molar-refractivity contribution in [2.45, 2.75) is 38.4 Å². The lowest BCUT2D eigenvalue weighted by Crippen LogP contribution is -2.35. The molecule has 7 nitrogen and oxygen atoms in total. The summed E-state index contributed by atoms with van der Waals surface area (Å²) in [4.78, 5) is 25.5. The predicted octanol–water partition coefficient (Wildman–Crippen LogP) is 3.40. The van der Waals surface area contributed by atoms with E-state index in [9.17, 15) is 9.59 Å². The lowest BCUT2D eigenvalue weighted by Gasteiger charge is -2.20. The van der Waals surface area contributed by atoms with Crippen LogP contribution in [0.1, 0.15) is 36.5 Å². The molecule has 2 atom stereocenters. The van der Waals surface area contributed by atoms with Crippen LogP contribution in [0.2, 0.25) is 0 Å². The molecule has 1 saturated heterocycles. The van der Waals surface area contributed by atoms with Gasteiger partial charge in [-0.3, -0.25) is 9.59 Å². The molecule has 2 aromatic carbocycles. The average molecular weight is 412 g/mol. The van der Waals surface area contributed by atoms with Gasteiger partial charge < -0.3 is 24.8 Å². The fourth-order valence-corrected chi connectivity index (χ4v) is 3.30. The normalized spacial score (nSPS) is 16.5. The minimum Gasteiger partial charge on any atom is -0.493 e. The number of nitrogens with one attached hydrogen (secondary N) is 2. The molecule has 0 saturated carbocycles. The summed E-state index contributed by atoms with van der Waals surface area (Å²) in [5.41, 5.74) is 0.838. The number of rotatable bonds is 9. The lowest BCUT2D eigenvalue weighted by molar-refractivity contribution is -0.122. The molecule has 0 radical (unpaired) electrons. The van der Waals surface area contributed by atoms with E-state index in [-0.39, 0.29) is 17.9 Å². The molecule has 30 heavy (non-hydrogen) atoms. The van der Waals surface area contributed by atoms with Crippen molar-refractivity contribution < 1.29 is 23.8 Å². The molecule has 7 heteroatoms. The van der Waals surface area contributed by atoms with E-state index in [1.807, 2.05) is 19.1 Å². The molecule has 1 heterocycles. The number of para-hydroxylation sites is 3. The smallest absolute Gasteiger partial charge is 0.265 e. The highest BCUT2D eigenvalue weighted by Crippen LogP contribution is 2.27. The van der Waals surface area contributed by atoms with Gasteiger partial charge in [-0.15, -0.1) is 0 Å². The maximum absolute atomic E-state index is 12.9. The van der Waals surface area contributed by atoms with Crippen LogP contribution in [-0.4, -0.2) is 44.3 Å². The second kappa shape index (κ2) is 10.6. The molecule has 0 bridgehead atoms. The SMILES string of the molecule is CC[C@H](Oc1ccccc1OC)C(=O)Nc1ccccc1C(=O)NC[C@@H]1CCCO1. The van der Waals surface area contributed by atoms with Gasteiger partial charge in [0.15, 0.2) is 17.6 Å². The van der Waals surface area contributed by atoms with Gasteiger partial charge in [0.2, 0.25) is 0 Å². The Hall–Kier alpha value is -3.06. The third kappa shape index (κ3) is 5.51. The first kappa shape index (κ1) is 21.6. The number of carbonyl (C=O) groups is 2. The first-order valence-corrected chi connectivity index (χ1v) is 10.2. The number of hydrogen-bond acceptors (Lipinski definition) is 5. The minimum absolute atomic E-state index is 0.0504. The Morgan fingerprint density at radius 3 is 2.57 bits per heavy atom. The summed E-state index contributed by atoms with van der Waals surface area (Å²) in [5, 5.41) is 5.72. The summed E-state index contributed by atoms with van der Waals surface area (Å²) in [6, 6.07) is 14.1. The van der Waals surface area contributed by atoms with Gasteiger partial charge in [-0.05, 0) is 43.5 Å². The highest BCUT2D eigenvalue weighted by Gasteiger charge is 2.23.